The van der Waals surface area contributed by atoms with Gasteiger partial charge in [0.1, 0.15) is 0 Å². The molecule has 0 atom stereocenters. The zero-order valence-corrected chi connectivity index (χ0v) is 7.72. The summed E-state index contributed by atoms with van der Waals surface area (Å²) in [6.45, 7) is 3.85. The maximum absolute atomic E-state index is 3.85. The largest absolute Gasteiger partial charge is 0.361 e. The molecule has 0 bridgehead atoms. The summed E-state index contributed by atoms with van der Waals surface area (Å²) in [4.78, 5) is 3.22. The molecule has 1 nitrogen and oxygen atoms in total. The third kappa shape index (κ3) is 1.74. The van der Waals surface area contributed by atoms with Crippen molar-refractivity contribution in [1.82, 2.24) is 4.98 Å². The number of hydrogen-bond donors (Lipinski definition) is 1. The van der Waals surface area contributed by atoms with Crippen molar-refractivity contribution >= 4 is 10.9 Å². The van der Waals surface area contributed by atoms with Crippen LogP contribution >= 0.6 is 0 Å². The van der Waals surface area contributed by atoms with Crippen LogP contribution in [0.1, 0.15) is 18.4 Å². The summed E-state index contributed by atoms with van der Waals surface area (Å²) >= 11 is 0. The van der Waals surface area contributed by atoms with Crippen LogP contribution in [0.2, 0.25) is 0 Å². The molecule has 1 aromatic heterocycles. The van der Waals surface area contributed by atoms with Crippen LogP contribution in [0.4, 0.5) is 0 Å². The fraction of sp³-hybridized carbons (Fsp3) is 0.250. The SMILES string of the molecule is [CH2]CCCc1ccc2cc[nH]c2c1. The molecule has 2 rings (SSSR count). The lowest BCUT2D eigenvalue weighted by atomic mass is 10.1. The molecular formula is C12H14N. The molecule has 0 aliphatic rings. The Morgan fingerprint density at radius 3 is 3.00 bits per heavy atom. The Balaban J connectivity index is 2.26. The van der Waals surface area contributed by atoms with E-state index in [2.05, 4.69) is 36.2 Å². The van der Waals surface area contributed by atoms with E-state index in [0.717, 1.165) is 12.8 Å². The monoisotopic (exact) mass is 172 g/mol. The van der Waals surface area contributed by atoms with Gasteiger partial charge in [0.2, 0.25) is 0 Å². The number of nitrogens with one attached hydrogen (secondary N) is 1. The molecule has 2 aromatic rings. The summed E-state index contributed by atoms with van der Waals surface area (Å²) in [6.07, 6.45) is 5.31. The Morgan fingerprint density at radius 2 is 2.15 bits per heavy atom. The summed E-state index contributed by atoms with van der Waals surface area (Å²) in [6, 6.07) is 8.70. The summed E-state index contributed by atoms with van der Waals surface area (Å²) in [5.74, 6) is 0. The lowest BCUT2D eigenvalue weighted by Crippen LogP contribution is -1.83. The molecular weight excluding hydrogens is 158 g/mol. The van der Waals surface area contributed by atoms with Gasteiger partial charge in [-0.1, -0.05) is 25.5 Å². The number of aromatic amines is 1. The zero-order valence-electron chi connectivity index (χ0n) is 7.72. The number of fused-ring (bicyclic) bond motifs is 1. The lowest BCUT2D eigenvalue weighted by Gasteiger charge is -1.99. The van der Waals surface area contributed by atoms with Crippen molar-refractivity contribution in [3.8, 4) is 0 Å². The second-order valence-corrected chi connectivity index (χ2v) is 3.36. The zero-order chi connectivity index (χ0) is 9.10. The summed E-state index contributed by atoms with van der Waals surface area (Å²) in [5.41, 5.74) is 2.64. The van der Waals surface area contributed by atoms with Gasteiger partial charge in [0.05, 0.1) is 0 Å². The fourth-order valence-corrected chi connectivity index (χ4v) is 1.58. The standard InChI is InChI=1S/C12H14N/c1-2-3-4-10-5-6-11-7-8-13-12(11)9-10/h5-9,13H,1-4H2. The molecule has 0 aliphatic carbocycles. The predicted molar refractivity (Wildman–Crippen MR) is 56.6 cm³/mol. The minimum Gasteiger partial charge on any atom is -0.361 e. The van der Waals surface area contributed by atoms with Crippen molar-refractivity contribution in [1.29, 1.82) is 0 Å². The first-order valence-corrected chi connectivity index (χ1v) is 4.75. The van der Waals surface area contributed by atoms with Crippen LogP contribution in [0.25, 0.3) is 10.9 Å². The van der Waals surface area contributed by atoms with E-state index in [1.807, 2.05) is 6.20 Å². The molecule has 0 fully saturated rings. The van der Waals surface area contributed by atoms with Crippen LogP contribution in [0.3, 0.4) is 0 Å². The van der Waals surface area contributed by atoms with Crippen LogP contribution in [-0.4, -0.2) is 4.98 Å². The van der Waals surface area contributed by atoms with Crippen molar-refractivity contribution in [3.63, 3.8) is 0 Å². The molecule has 1 aromatic carbocycles. The van der Waals surface area contributed by atoms with E-state index < -0.39 is 0 Å². The predicted octanol–water partition coefficient (Wildman–Crippen LogP) is 3.32. The maximum Gasteiger partial charge on any atom is 0.0456 e. The molecule has 0 spiro atoms. The number of benzene rings is 1. The first kappa shape index (κ1) is 8.36. The van der Waals surface area contributed by atoms with Crippen LogP contribution in [0.5, 0.6) is 0 Å². The fourth-order valence-electron chi connectivity index (χ4n) is 1.58. The van der Waals surface area contributed by atoms with Crippen molar-refractivity contribution in [2.24, 2.45) is 0 Å². The second kappa shape index (κ2) is 3.65. The summed E-state index contributed by atoms with van der Waals surface area (Å²) < 4.78 is 0. The van der Waals surface area contributed by atoms with Gasteiger partial charge in [0.15, 0.2) is 0 Å². The van der Waals surface area contributed by atoms with Crippen LogP contribution in [0, 0.1) is 6.92 Å². The van der Waals surface area contributed by atoms with E-state index >= 15 is 0 Å². The third-order valence-corrected chi connectivity index (χ3v) is 2.33. The molecule has 1 N–H and O–H groups in total. The first-order valence-electron chi connectivity index (χ1n) is 4.75. The molecule has 0 aliphatic heterocycles. The quantitative estimate of drug-likeness (QED) is 0.731. The van der Waals surface area contributed by atoms with Crippen molar-refractivity contribution in [2.75, 3.05) is 0 Å². The number of aromatic nitrogens is 1. The third-order valence-electron chi connectivity index (χ3n) is 2.33. The summed E-state index contributed by atoms with van der Waals surface area (Å²) in [7, 11) is 0. The highest BCUT2D eigenvalue weighted by atomic mass is 14.7. The van der Waals surface area contributed by atoms with Gasteiger partial charge < -0.3 is 4.98 Å². The molecule has 0 amide bonds. The van der Waals surface area contributed by atoms with Crippen molar-refractivity contribution in [3.05, 3.63) is 42.9 Å². The number of hydrogen-bond acceptors (Lipinski definition) is 0. The lowest BCUT2D eigenvalue weighted by molar-refractivity contribution is 0.842. The smallest absolute Gasteiger partial charge is 0.0456 e. The van der Waals surface area contributed by atoms with Crippen LogP contribution in [0.15, 0.2) is 30.5 Å². The highest BCUT2D eigenvalue weighted by Gasteiger charge is 1.96. The van der Waals surface area contributed by atoms with Crippen molar-refractivity contribution < 1.29 is 0 Å². The van der Waals surface area contributed by atoms with E-state index in [4.69, 9.17) is 0 Å². The molecule has 1 heteroatoms. The van der Waals surface area contributed by atoms with E-state index in [9.17, 15) is 0 Å². The van der Waals surface area contributed by atoms with Gasteiger partial charge in [-0.2, -0.15) is 0 Å². The van der Waals surface area contributed by atoms with Crippen LogP contribution < -0.4 is 0 Å². The molecule has 13 heavy (non-hydrogen) atoms. The molecule has 0 saturated heterocycles. The van der Waals surface area contributed by atoms with Gasteiger partial charge in [-0.3, -0.25) is 0 Å². The van der Waals surface area contributed by atoms with Gasteiger partial charge in [-0.05, 0) is 35.9 Å². The van der Waals surface area contributed by atoms with Crippen LogP contribution in [-0.2, 0) is 6.42 Å². The summed E-state index contributed by atoms with van der Waals surface area (Å²) in [5, 5.41) is 1.29. The molecule has 0 saturated carbocycles. The Morgan fingerprint density at radius 1 is 1.23 bits per heavy atom. The Bertz CT molecular complexity index is 387. The number of unbranched alkanes of at least 4 members (excludes halogenated alkanes) is 1. The Labute approximate surface area is 78.8 Å². The Kier molecular flexibility index (Phi) is 2.35. The highest BCUT2D eigenvalue weighted by Crippen LogP contribution is 2.15. The second-order valence-electron chi connectivity index (χ2n) is 3.36. The normalized spacial score (nSPS) is 10.8. The van der Waals surface area contributed by atoms with Crippen molar-refractivity contribution in [2.45, 2.75) is 19.3 Å². The van der Waals surface area contributed by atoms with E-state index in [-0.39, 0.29) is 0 Å². The van der Waals surface area contributed by atoms with E-state index in [0.29, 0.717) is 0 Å². The number of rotatable bonds is 3. The van der Waals surface area contributed by atoms with E-state index in [1.54, 1.807) is 0 Å². The topological polar surface area (TPSA) is 15.8 Å². The maximum atomic E-state index is 3.85. The molecule has 1 heterocycles. The minimum absolute atomic E-state index is 1.02. The van der Waals surface area contributed by atoms with E-state index in [1.165, 1.54) is 22.9 Å². The van der Waals surface area contributed by atoms with Gasteiger partial charge in [-0.25, -0.2) is 0 Å². The van der Waals surface area contributed by atoms with Gasteiger partial charge in [0.25, 0.3) is 0 Å². The first-order chi connectivity index (χ1) is 6.40. The van der Waals surface area contributed by atoms with Gasteiger partial charge >= 0.3 is 0 Å². The highest BCUT2D eigenvalue weighted by molar-refractivity contribution is 5.79. The average molecular weight is 172 g/mol. The van der Waals surface area contributed by atoms with Gasteiger partial charge in [0, 0.05) is 11.7 Å². The average Bonchev–Trinajstić information content (AvgIpc) is 2.61. The molecule has 67 valence electrons. The van der Waals surface area contributed by atoms with Gasteiger partial charge in [-0.15, -0.1) is 0 Å². The molecule has 1 radical (unpaired) electrons. The molecule has 0 unspecified atom stereocenters. The number of aryl methyl sites for hydroxylation is 1. The minimum atomic E-state index is 1.02. The number of H-pyrrole nitrogens is 1. The Hall–Kier alpha value is -1.24.